The Hall–Kier alpha value is -3.04. The Labute approximate surface area is 160 Å². The van der Waals surface area contributed by atoms with Crippen LogP contribution < -0.4 is 16.4 Å². The molecule has 5 N–H and O–H groups in total. The van der Waals surface area contributed by atoms with Gasteiger partial charge in [-0.25, -0.2) is 0 Å². The highest BCUT2D eigenvalue weighted by molar-refractivity contribution is 8.04. The van der Waals surface area contributed by atoms with E-state index in [2.05, 4.69) is 22.4 Å². The standard InChI is InChI=1S/C18H20N4O4S/c1-11-16(18(19)21-12-6-4-3-5-7-12)22-26-9-13(23)8-14(17(11)25)27-10-15(24)20-2/h3-9,18,21,23H,1,10,19H2,2H3,(H,20,24)/b13-9-,14-8+,22-16?. The fourth-order valence-corrected chi connectivity index (χ4v) is 2.93. The molecule has 0 saturated heterocycles. The maximum atomic E-state index is 12.8. The van der Waals surface area contributed by atoms with Crippen molar-refractivity contribution >= 4 is 34.9 Å². The van der Waals surface area contributed by atoms with E-state index in [1.54, 1.807) is 12.1 Å². The Kier molecular flexibility index (Phi) is 7.21. The molecule has 9 heteroatoms. The number of aliphatic hydroxyl groups is 1. The number of ketones is 1. The Balaban J connectivity index is 2.24. The van der Waals surface area contributed by atoms with Gasteiger partial charge in [-0.2, -0.15) is 0 Å². The number of carbonyl (C=O) groups excluding carboxylic acids is 2. The molecule has 1 aliphatic heterocycles. The van der Waals surface area contributed by atoms with Crippen LogP contribution in [0.3, 0.4) is 0 Å². The smallest absolute Gasteiger partial charge is 0.230 e. The first kappa shape index (κ1) is 20.3. The molecule has 142 valence electrons. The van der Waals surface area contributed by atoms with Gasteiger partial charge in [-0.1, -0.05) is 29.9 Å². The number of aliphatic hydroxyl groups excluding tert-OH is 1. The van der Waals surface area contributed by atoms with Gasteiger partial charge in [0.15, 0.2) is 12.0 Å². The molecule has 0 spiro atoms. The highest BCUT2D eigenvalue weighted by Crippen LogP contribution is 2.23. The van der Waals surface area contributed by atoms with E-state index < -0.39 is 11.9 Å². The summed E-state index contributed by atoms with van der Waals surface area (Å²) in [4.78, 5) is 29.3. The Morgan fingerprint density at radius 3 is 2.78 bits per heavy atom. The second-order valence-corrected chi connectivity index (χ2v) is 6.41. The molecule has 0 saturated carbocycles. The molecule has 1 unspecified atom stereocenters. The maximum Gasteiger partial charge on any atom is 0.230 e. The van der Waals surface area contributed by atoms with Crippen molar-refractivity contribution in [3.63, 3.8) is 0 Å². The van der Waals surface area contributed by atoms with Crippen molar-refractivity contribution < 1.29 is 19.5 Å². The lowest BCUT2D eigenvalue weighted by Crippen LogP contribution is -2.40. The average molecular weight is 388 g/mol. The molecule has 1 amide bonds. The van der Waals surface area contributed by atoms with Gasteiger partial charge in [0.1, 0.15) is 11.9 Å². The number of amides is 1. The van der Waals surface area contributed by atoms with Crippen LogP contribution in [-0.4, -0.2) is 41.5 Å². The third-order valence-electron chi connectivity index (χ3n) is 3.44. The van der Waals surface area contributed by atoms with E-state index in [1.165, 1.54) is 13.1 Å². The molecule has 1 aromatic rings. The highest BCUT2D eigenvalue weighted by atomic mass is 32.2. The zero-order valence-corrected chi connectivity index (χ0v) is 15.5. The summed E-state index contributed by atoms with van der Waals surface area (Å²) in [5.74, 6) is -1.12. The van der Waals surface area contributed by atoms with Crippen molar-refractivity contribution in [2.24, 2.45) is 10.9 Å². The summed E-state index contributed by atoms with van der Waals surface area (Å²) in [6.45, 7) is 3.77. The largest absolute Gasteiger partial charge is 0.505 e. The van der Waals surface area contributed by atoms with Gasteiger partial charge >= 0.3 is 0 Å². The number of nitrogens with two attached hydrogens (primary N) is 1. The highest BCUT2D eigenvalue weighted by Gasteiger charge is 2.25. The summed E-state index contributed by atoms with van der Waals surface area (Å²) in [5, 5.41) is 19.1. The van der Waals surface area contributed by atoms with E-state index in [0.717, 1.165) is 23.7 Å². The number of nitrogens with one attached hydrogen (secondary N) is 2. The number of hydrogen-bond donors (Lipinski definition) is 4. The minimum atomic E-state index is -0.886. The number of hydrogen-bond acceptors (Lipinski definition) is 8. The van der Waals surface area contributed by atoms with Crippen molar-refractivity contribution in [1.82, 2.24) is 5.32 Å². The second kappa shape index (κ2) is 9.60. The minimum Gasteiger partial charge on any atom is -0.505 e. The van der Waals surface area contributed by atoms with Crippen molar-refractivity contribution in [3.05, 3.63) is 65.5 Å². The molecule has 1 aromatic carbocycles. The quantitative estimate of drug-likeness (QED) is 0.431. The van der Waals surface area contributed by atoms with Crippen LogP contribution in [0, 0.1) is 0 Å². The summed E-state index contributed by atoms with van der Waals surface area (Å²) in [6, 6.07) is 9.11. The van der Waals surface area contributed by atoms with E-state index in [-0.39, 0.29) is 33.6 Å². The minimum absolute atomic E-state index is 0.00368. The predicted molar refractivity (Wildman–Crippen MR) is 106 cm³/mol. The molecule has 0 radical (unpaired) electrons. The number of Topliss-reactive ketones (excluding diaryl/α,β-unsaturated/α-hetero) is 1. The van der Waals surface area contributed by atoms with Gasteiger partial charge in [-0.05, 0) is 12.1 Å². The number of nitrogens with zero attached hydrogens (tertiary/aromatic N) is 1. The summed E-state index contributed by atoms with van der Waals surface area (Å²) < 4.78 is 0. The van der Waals surface area contributed by atoms with Crippen LogP contribution in [0.4, 0.5) is 5.69 Å². The number of oxime groups is 1. The molecule has 0 aliphatic carbocycles. The van der Waals surface area contributed by atoms with Crippen molar-refractivity contribution in [2.75, 3.05) is 18.1 Å². The van der Waals surface area contributed by atoms with Gasteiger partial charge in [-0.3, -0.25) is 9.59 Å². The van der Waals surface area contributed by atoms with E-state index in [4.69, 9.17) is 10.6 Å². The maximum absolute atomic E-state index is 12.8. The number of thioether (sulfide) groups is 1. The van der Waals surface area contributed by atoms with Crippen LogP contribution in [0.25, 0.3) is 0 Å². The van der Waals surface area contributed by atoms with Gasteiger partial charge in [0.25, 0.3) is 0 Å². The fourth-order valence-electron chi connectivity index (χ4n) is 2.04. The lowest BCUT2D eigenvalue weighted by Gasteiger charge is -2.18. The van der Waals surface area contributed by atoms with Crippen molar-refractivity contribution in [3.8, 4) is 0 Å². The number of carbonyl (C=O) groups is 2. The number of rotatable bonds is 6. The zero-order chi connectivity index (χ0) is 19.8. The number of anilines is 1. The first-order valence-electron chi connectivity index (χ1n) is 7.91. The summed E-state index contributed by atoms with van der Waals surface area (Å²) in [5.41, 5.74) is 6.90. The Morgan fingerprint density at radius 2 is 2.11 bits per heavy atom. The molecule has 1 heterocycles. The van der Waals surface area contributed by atoms with Crippen LogP contribution in [0.15, 0.2) is 70.6 Å². The molecule has 2 rings (SSSR count). The summed E-state index contributed by atoms with van der Waals surface area (Å²) in [7, 11) is 1.49. The van der Waals surface area contributed by atoms with E-state index in [9.17, 15) is 14.7 Å². The lowest BCUT2D eigenvalue weighted by molar-refractivity contribution is -0.118. The SMILES string of the molecule is C=C1C(=O)/C(SCC(=O)NC)=C\C(O)=C\ON=C1C(N)Nc1ccccc1. The average Bonchev–Trinajstić information content (AvgIpc) is 2.71. The van der Waals surface area contributed by atoms with E-state index >= 15 is 0 Å². The van der Waals surface area contributed by atoms with Crippen molar-refractivity contribution in [2.45, 2.75) is 6.17 Å². The van der Waals surface area contributed by atoms with Crippen LogP contribution in [0.5, 0.6) is 0 Å². The molecule has 0 bridgehead atoms. The van der Waals surface area contributed by atoms with Gasteiger partial charge in [-0.15, -0.1) is 11.8 Å². The molecule has 1 atom stereocenters. The third-order valence-corrected chi connectivity index (χ3v) is 4.46. The predicted octanol–water partition coefficient (Wildman–Crippen LogP) is 1.66. The molecular formula is C18H20N4O4S. The number of benzene rings is 1. The van der Waals surface area contributed by atoms with Gasteiger partial charge in [0.2, 0.25) is 11.7 Å². The number of allylic oxidation sites excluding steroid dienone is 2. The van der Waals surface area contributed by atoms with Crippen LogP contribution in [0.1, 0.15) is 0 Å². The zero-order valence-electron chi connectivity index (χ0n) is 14.6. The number of para-hydroxylation sites is 1. The van der Waals surface area contributed by atoms with Crippen molar-refractivity contribution in [1.29, 1.82) is 0 Å². The van der Waals surface area contributed by atoms with Gasteiger partial charge < -0.3 is 26.3 Å². The monoisotopic (exact) mass is 388 g/mol. The molecular weight excluding hydrogens is 368 g/mol. The molecule has 27 heavy (non-hydrogen) atoms. The second-order valence-electron chi connectivity index (χ2n) is 5.39. The normalized spacial score (nSPS) is 19.7. The van der Waals surface area contributed by atoms with Crippen LogP contribution in [-0.2, 0) is 14.4 Å². The summed E-state index contributed by atoms with van der Waals surface area (Å²) >= 11 is 0.961. The van der Waals surface area contributed by atoms with Crippen LogP contribution in [0.2, 0.25) is 0 Å². The first-order chi connectivity index (χ1) is 12.9. The molecule has 1 aliphatic rings. The first-order valence-corrected chi connectivity index (χ1v) is 8.90. The topological polar surface area (TPSA) is 126 Å². The van der Waals surface area contributed by atoms with E-state index in [1.807, 2.05) is 18.2 Å². The van der Waals surface area contributed by atoms with Gasteiger partial charge in [0.05, 0.1) is 10.7 Å². The van der Waals surface area contributed by atoms with Crippen LogP contribution >= 0.6 is 11.8 Å². The third kappa shape index (κ3) is 5.73. The Bertz CT molecular complexity index is 818. The Morgan fingerprint density at radius 1 is 1.41 bits per heavy atom. The fraction of sp³-hybridized carbons (Fsp3) is 0.167. The van der Waals surface area contributed by atoms with Gasteiger partial charge in [0, 0.05) is 24.4 Å². The molecule has 0 aromatic heterocycles. The molecule has 0 fully saturated rings. The summed E-state index contributed by atoms with van der Waals surface area (Å²) in [6.07, 6.45) is 1.26. The molecule has 8 nitrogen and oxygen atoms in total. The lowest BCUT2D eigenvalue weighted by atomic mass is 10.0. The van der Waals surface area contributed by atoms with E-state index in [0.29, 0.717) is 0 Å².